The number of esters is 1. The van der Waals surface area contributed by atoms with Crippen LogP contribution in [0.1, 0.15) is 12.5 Å². The lowest BCUT2D eigenvalue weighted by atomic mass is 10.2. The molecule has 1 N–H and O–H groups in total. The molecular weight excluding hydrogens is 562 g/mol. The molecule has 2 aromatic carbocycles. The average molecular weight is 585 g/mol. The van der Waals surface area contributed by atoms with Crippen LogP contribution in [-0.4, -0.2) is 55.4 Å². The number of carbonyl (C=O) groups is 1. The van der Waals surface area contributed by atoms with Gasteiger partial charge in [0.1, 0.15) is 12.4 Å². The van der Waals surface area contributed by atoms with Gasteiger partial charge in [-0.1, -0.05) is 11.6 Å². The molecule has 1 heterocycles. The molecular formula is C24H23ClF2N4O9. The second-order valence-corrected chi connectivity index (χ2v) is 7.91. The fourth-order valence-electron chi connectivity index (χ4n) is 3.28. The Balaban J connectivity index is 1.99. The summed E-state index contributed by atoms with van der Waals surface area (Å²) in [4.78, 5) is 30.5. The molecule has 0 saturated heterocycles. The van der Waals surface area contributed by atoms with Crippen molar-refractivity contribution in [3.05, 3.63) is 56.6 Å². The topological polar surface area (TPSA) is 153 Å². The van der Waals surface area contributed by atoms with Crippen LogP contribution in [-0.2, 0) is 16.1 Å². The number of nitrogens with zero attached hydrogens (tertiary/aromatic N) is 3. The lowest BCUT2D eigenvalue weighted by Crippen LogP contribution is -2.16. The zero-order chi connectivity index (χ0) is 29.4. The van der Waals surface area contributed by atoms with Gasteiger partial charge in [0.15, 0.2) is 29.7 Å². The van der Waals surface area contributed by atoms with Crippen molar-refractivity contribution in [2.24, 2.45) is 0 Å². The Morgan fingerprint density at radius 1 is 1.05 bits per heavy atom. The molecule has 0 saturated carbocycles. The minimum absolute atomic E-state index is 0.00238. The molecule has 0 atom stereocenters. The number of nitrogens with one attached hydrogen (secondary N) is 1. The number of anilines is 2. The van der Waals surface area contributed by atoms with E-state index in [4.69, 9.17) is 40.0 Å². The van der Waals surface area contributed by atoms with E-state index >= 15 is 0 Å². The minimum Gasteiger partial charge on any atom is -0.496 e. The van der Waals surface area contributed by atoms with Crippen LogP contribution >= 0.6 is 11.6 Å². The largest absolute Gasteiger partial charge is 0.496 e. The zero-order valence-corrected chi connectivity index (χ0v) is 22.3. The van der Waals surface area contributed by atoms with Gasteiger partial charge < -0.3 is 33.7 Å². The number of rotatable bonds is 13. The number of aromatic nitrogens is 2. The first kappa shape index (κ1) is 29.9. The minimum atomic E-state index is -1.16. The summed E-state index contributed by atoms with van der Waals surface area (Å²) in [5, 5.41) is 14.5. The first-order valence-electron chi connectivity index (χ1n) is 11.3. The monoisotopic (exact) mass is 584 g/mol. The van der Waals surface area contributed by atoms with E-state index in [9.17, 15) is 23.7 Å². The van der Waals surface area contributed by atoms with E-state index in [1.54, 1.807) is 6.92 Å². The number of hydrogen-bond acceptors (Lipinski definition) is 12. The van der Waals surface area contributed by atoms with Crippen molar-refractivity contribution in [2.75, 3.05) is 39.9 Å². The highest BCUT2D eigenvalue weighted by Crippen LogP contribution is 2.41. The van der Waals surface area contributed by atoms with E-state index in [0.717, 1.165) is 13.2 Å². The van der Waals surface area contributed by atoms with Crippen LogP contribution in [0.5, 0.6) is 29.1 Å². The summed E-state index contributed by atoms with van der Waals surface area (Å²) in [6.07, 6.45) is 0. The highest BCUT2D eigenvalue weighted by atomic mass is 35.5. The molecule has 0 radical (unpaired) electrons. The molecule has 0 spiro atoms. The molecule has 13 nitrogen and oxygen atoms in total. The fourth-order valence-corrected chi connectivity index (χ4v) is 3.48. The first-order valence-corrected chi connectivity index (χ1v) is 11.7. The highest BCUT2D eigenvalue weighted by molar-refractivity contribution is 6.33. The van der Waals surface area contributed by atoms with E-state index in [1.165, 1.54) is 32.4 Å². The van der Waals surface area contributed by atoms with Gasteiger partial charge in [-0.15, -0.1) is 0 Å². The Morgan fingerprint density at radius 2 is 1.77 bits per heavy atom. The van der Waals surface area contributed by atoms with Gasteiger partial charge in [-0.2, -0.15) is 9.97 Å². The van der Waals surface area contributed by atoms with Gasteiger partial charge >= 0.3 is 23.5 Å². The first-order chi connectivity index (χ1) is 19.1. The van der Waals surface area contributed by atoms with Crippen molar-refractivity contribution in [1.29, 1.82) is 0 Å². The summed E-state index contributed by atoms with van der Waals surface area (Å²) in [6.45, 7) is 0.665. The van der Waals surface area contributed by atoms with Crippen LogP contribution in [0.3, 0.4) is 0 Å². The molecule has 3 aromatic rings. The Bertz CT molecular complexity index is 1410. The van der Waals surface area contributed by atoms with Crippen LogP contribution in [0.15, 0.2) is 24.3 Å². The Hall–Kier alpha value is -4.66. The van der Waals surface area contributed by atoms with Gasteiger partial charge in [0.05, 0.1) is 49.1 Å². The second-order valence-electron chi connectivity index (χ2n) is 7.50. The quantitative estimate of drug-likeness (QED) is 0.169. The van der Waals surface area contributed by atoms with E-state index in [-0.39, 0.29) is 40.1 Å². The van der Waals surface area contributed by atoms with Crippen molar-refractivity contribution in [3.63, 3.8) is 0 Å². The van der Waals surface area contributed by atoms with Crippen LogP contribution in [0.25, 0.3) is 0 Å². The third-order valence-corrected chi connectivity index (χ3v) is 5.40. The van der Waals surface area contributed by atoms with Gasteiger partial charge in [-0.05, 0) is 19.1 Å². The van der Waals surface area contributed by atoms with Crippen molar-refractivity contribution >= 4 is 34.8 Å². The van der Waals surface area contributed by atoms with Crippen LogP contribution in [0.4, 0.5) is 26.0 Å². The zero-order valence-electron chi connectivity index (χ0n) is 21.6. The predicted octanol–water partition coefficient (Wildman–Crippen LogP) is 4.61. The highest BCUT2D eigenvalue weighted by Gasteiger charge is 2.28. The molecule has 3 rings (SSSR count). The van der Waals surface area contributed by atoms with Gasteiger partial charge in [0.25, 0.3) is 0 Å². The Labute approximate surface area is 231 Å². The summed E-state index contributed by atoms with van der Waals surface area (Å²) < 4.78 is 59.3. The summed E-state index contributed by atoms with van der Waals surface area (Å²) >= 11 is 6.36. The SMILES string of the molecule is CCOC(=O)COc1nc(Nc2cc(OCc3c(OC)ccc(F)c3F)c(OC)cc2Cl)c([N+](=O)[O-])c(OC)n1. The lowest BCUT2D eigenvalue weighted by Gasteiger charge is -2.16. The molecule has 0 amide bonds. The number of benzene rings is 2. The number of halogens is 3. The molecule has 0 aliphatic rings. The van der Waals surface area contributed by atoms with E-state index < -0.39 is 59.1 Å². The van der Waals surface area contributed by atoms with Gasteiger partial charge in [-0.25, -0.2) is 13.6 Å². The van der Waals surface area contributed by atoms with Crippen molar-refractivity contribution < 1.29 is 46.9 Å². The third kappa shape index (κ3) is 6.85. The molecule has 0 bridgehead atoms. The van der Waals surface area contributed by atoms with Crippen LogP contribution in [0.2, 0.25) is 5.02 Å². The molecule has 214 valence electrons. The predicted molar refractivity (Wildman–Crippen MR) is 136 cm³/mol. The van der Waals surface area contributed by atoms with Gasteiger partial charge in [0.2, 0.25) is 5.82 Å². The van der Waals surface area contributed by atoms with Crippen LogP contribution < -0.4 is 29.0 Å². The van der Waals surface area contributed by atoms with E-state index in [2.05, 4.69) is 15.3 Å². The van der Waals surface area contributed by atoms with Crippen molar-refractivity contribution in [1.82, 2.24) is 9.97 Å². The summed E-state index contributed by atoms with van der Waals surface area (Å²) in [5.41, 5.74) is -0.843. The standard InChI is InChI=1S/C24H23ClF2N4O9/c1-5-38-19(32)11-40-24-29-22(21(31(33)34)23(30-24)37-4)28-15-9-18(17(36-3)8-13(15)25)39-10-12-16(35-2)7-6-14(26)20(12)27/h6-9H,5,10-11H2,1-4H3,(H,28,29,30). The Morgan fingerprint density at radius 3 is 2.40 bits per heavy atom. The fraction of sp³-hybridized carbons (Fsp3) is 0.292. The number of nitro groups is 1. The molecule has 0 aliphatic carbocycles. The average Bonchev–Trinajstić information content (AvgIpc) is 2.93. The summed E-state index contributed by atoms with van der Waals surface area (Å²) in [5.74, 6) is -3.71. The number of methoxy groups -OCH3 is 3. The molecule has 16 heteroatoms. The molecule has 0 fully saturated rings. The summed E-state index contributed by atoms with van der Waals surface area (Å²) in [7, 11) is 3.75. The van der Waals surface area contributed by atoms with Gasteiger partial charge in [-0.3, -0.25) is 10.1 Å². The van der Waals surface area contributed by atoms with Gasteiger partial charge in [0, 0.05) is 12.1 Å². The molecule has 40 heavy (non-hydrogen) atoms. The molecule has 1 aromatic heterocycles. The maximum atomic E-state index is 14.4. The maximum absolute atomic E-state index is 14.4. The second kappa shape index (κ2) is 13.4. The lowest BCUT2D eigenvalue weighted by molar-refractivity contribution is -0.385. The maximum Gasteiger partial charge on any atom is 0.373 e. The normalized spacial score (nSPS) is 10.5. The van der Waals surface area contributed by atoms with E-state index in [1.807, 2.05) is 0 Å². The van der Waals surface area contributed by atoms with Crippen LogP contribution in [0, 0.1) is 21.7 Å². The Kier molecular flexibility index (Phi) is 10.0. The number of hydrogen-bond donors (Lipinski definition) is 1. The van der Waals surface area contributed by atoms with E-state index in [0.29, 0.717) is 0 Å². The smallest absolute Gasteiger partial charge is 0.373 e. The van der Waals surface area contributed by atoms with Crippen molar-refractivity contribution in [3.8, 4) is 29.1 Å². The number of carbonyl (C=O) groups excluding carboxylic acids is 1. The molecule has 0 aliphatic heterocycles. The van der Waals surface area contributed by atoms with Crippen molar-refractivity contribution in [2.45, 2.75) is 13.5 Å². The molecule has 0 unspecified atom stereocenters. The third-order valence-electron chi connectivity index (χ3n) is 5.08. The number of ether oxygens (including phenoxy) is 6. The summed E-state index contributed by atoms with van der Waals surface area (Å²) in [6, 6.07) is 4.33.